The first-order valence-electron chi connectivity index (χ1n) is 7.38. The first kappa shape index (κ1) is 14.5. The minimum absolute atomic E-state index is 0.0328. The average Bonchev–Trinajstić information content (AvgIpc) is 3.30. The Kier molecular flexibility index (Phi) is 4.51. The number of amides is 1. The van der Waals surface area contributed by atoms with Crippen LogP contribution in [0.2, 0.25) is 5.02 Å². The largest absolute Gasteiger partial charge is 0.378 e. The van der Waals surface area contributed by atoms with Crippen LogP contribution in [0.5, 0.6) is 0 Å². The zero-order valence-electron chi connectivity index (χ0n) is 11.9. The Hall–Kier alpha value is -1.46. The monoisotopic (exact) mass is 309 g/mol. The SMILES string of the molecule is O=C(CNc1cccc(Cl)c1N1CCOCC1)NC1CC1. The van der Waals surface area contributed by atoms with Crippen molar-refractivity contribution in [2.45, 2.75) is 18.9 Å². The van der Waals surface area contributed by atoms with Gasteiger partial charge in [0, 0.05) is 19.1 Å². The van der Waals surface area contributed by atoms with Crippen molar-refractivity contribution in [2.24, 2.45) is 0 Å². The Morgan fingerprint density at radius 1 is 1.33 bits per heavy atom. The number of para-hydroxylation sites is 1. The van der Waals surface area contributed by atoms with Crippen molar-refractivity contribution in [3.63, 3.8) is 0 Å². The van der Waals surface area contributed by atoms with E-state index < -0.39 is 0 Å². The summed E-state index contributed by atoms with van der Waals surface area (Å²) in [4.78, 5) is 14.0. The van der Waals surface area contributed by atoms with Crippen LogP contribution >= 0.6 is 11.6 Å². The second kappa shape index (κ2) is 6.54. The van der Waals surface area contributed by atoms with E-state index in [4.69, 9.17) is 16.3 Å². The van der Waals surface area contributed by atoms with E-state index in [1.54, 1.807) is 0 Å². The topological polar surface area (TPSA) is 53.6 Å². The van der Waals surface area contributed by atoms with Gasteiger partial charge in [0.05, 0.1) is 36.2 Å². The Bertz CT molecular complexity index is 514. The van der Waals surface area contributed by atoms with E-state index in [2.05, 4.69) is 15.5 Å². The smallest absolute Gasteiger partial charge is 0.239 e. The number of hydrogen-bond acceptors (Lipinski definition) is 4. The number of carbonyl (C=O) groups is 1. The summed E-state index contributed by atoms with van der Waals surface area (Å²) < 4.78 is 5.38. The van der Waals surface area contributed by atoms with Gasteiger partial charge in [-0.2, -0.15) is 0 Å². The molecule has 2 fully saturated rings. The standard InChI is InChI=1S/C15H20ClN3O2/c16-12-2-1-3-13(15(12)19-6-8-21-9-7-19)17-10-14(20)18-11-4-5-11/h1-3,11,17H,4-10H2,(H,18,20). The van der Waals surface area contributed by atoms with Gasteiger partial charge in [-0.15, -0.1) is 0 Å². The Morgan fingerprint density at radius 3 is 2.81 bits per heavy atom. The average molecular weight is 310 g/mol. The number of nitrogens with one attached hydrogen (secondary N) is 2. The summed E-state index contributed by atoms with van der Waals surface area (Å²) in [6.45, 7) is 3.30. The summed E-state index contributed by atoms with van der Waals surface area (Å²) in [5.74, 6) is 0.0328. The molecule has 114 valence electrons. The molecule has 0 aromatic heterocycles. The fourth-order valence-corrected chi connectivity index (χ4v) is 2.74. The summed E-state index contributed by atoms with van der Waals surface area (Å²) in [5, 5.41) is 6.87. The lowest BCUT2D eigenvalue weighted by Crippen LogP contribution is -2.37. The number of ether oxygens (including phenoxy) is 1. The van der Waals surface area contributed by atoms with Gasteiger partial charge in [-0.1, -0.05) is 17.7 Å². The van der Waals surface area contributed by atoms with Gasteiger partial charge in [-0.3, -0.25) is 4.79 Å². The van der Waals surface area contributed by atoms with Crippen molar-refractivity contribution >= 4 is 28.9 Å². The first-order chi connectivity index (χ1) is 10.2. The highest BCUT2D eigenvalue weighted by Gasteiger charge is 2.23. The minimum atomic E-state index is 0.0328. The number of benzene rings is 1. The fraction of sp³-hybridized carbons (Fsp3) is 0.533. The fourth-order valence-electron chi connectivity index (χ4n) is 2.45. The van der Waals surface area contributed by atoms with Crippen molar-refractivity contribution in [2.75, 3.05) is 43.1 Å². The zero-order valence-corrected chi connectivity index (χ0v) is 12.7. The van der Waals surface area contributed by atoms with E-state index in [1.807, 2.05) is 18.2 Å². The molecule has 1 aromatic rings. The molecule has 1 heterocycles. The maximum absolute atomic E-state index is 11.8. The highest BCUT2D eigenvalue weighted by Crippen LogP contribution is 2.34. The highest BCUT2D eigenvalue weighted by atomic mass is 35.5. The number of carbonyl (C=O) groups excluding carboxylic acids is 1. The second-order valence-electron chi connectivity index (χ2n) is 5.43. The molecule has 0 atom stereocenters. The molecule has 1 aliphatic heterocycles. The van der Waals surface area contributed by atoms with Crippen LogP contribution in [0.3, 0.4) is 0 Å². The lowest BCUT2D eigenvalue weighted by molar-refractivity contribution is -0.119. The van der Waals surface area contributed by atoms with Crippen molar-refractivity contribution in [3.05, 3.63) is 23.2 Å². The molecule has 1 aromatic carbocycles. The third kappa shape index (κ3) is 3.80. The molecule has 2 N–H and O–H groups in total. The number of nitrogens with zero attached hydrogens (tertiary/aromatic N) is 1. The van der Waals surface area contributed by atoms with E-state index in [-0.39, 0.29) is 12.5 Å². The molecule has 3 rings (SSSR count). The molecule has 2 aliphatic rings. The lowest BCUT2D eigenvalue weighted by Gasteiger charge is -2.31. The van der Waals surface area contributed by atoms with E-state index in [9.17, 15) is 4.79 Å². The maximum Gasteiger partial charge on any atom is 0.239 e. The van der Waals surface area contributed by atoms with Crippen LogP contribution < -0.4 is 15.5 Å². The van der Waals surface area contributed by atoms with Gasteiger partial charge in [0.1, 0.15) is 0 Å². The summed E-state index contributed by atoms with van der Waals surface area (Å²) in [7, 11) is 0. The summed E-state index contributed by atoms with van der Waals surface area (Å²) in [5.41, 5.74) is 1.86. The first-order valence-corrected chi connectivity index (χ1v) is 7.76. The number of halogens is 1. The quantitative estimate of drug-likeness (QED) is 0.872. The molecule has 1 aliphatic carbocycles. The summed E-state index contributed by atoms with van der Waals surface area (Å²) >= 11 is 6.35. The van der Waals surface area contributed by atoms with E-state index >= 15 is 0 Å². The molecule has 6 heteroatoms. The summed E-state index contributed by atoms with van der Waals surface area (Å²) in [6, 6.07) is 6.12. The molecule has 1 amide bonds. The van der Waals surface area contributed by atoms with Crippen LogP contribution in [0.4, 0.5) is 11.4 Å². The number of morpholine rings is 1. The molecule has 5 nitrogen and oxygen atoms in total. The van der Waals surface area contributed by atoms with Crippen LogP contribution in [-0.2, 0) is 9.53 Å². The number of anilines is 2. The number of hydrogen-bond donors (Lipinski definition) is 2. The minimum Gasteiger partial charge on any atom is -0.378 e. The van der Waals surface area contributed by atoms with Gasteiger partial charge in [0.15, 0.2) is 0 Å². The second-order valence-corrected chi connectivity index (χ2v) is 5.84. The predicted octanol–water partition coefficient (Wildman–Crippen LogP) is 1.87. The van der Waals surface area contributed by atoms with Gasteiger partial charge in [0.25, 0.3) is 0 Å². The summed E-state index contributed by atoms with van der Waals surface area (Å²) in [6.07, 6.45) is 2.20. The number of rotatable bonds is 5. The normalized spacial score (nSPS) is 18.4. The molecular formula is C15H20ClN3O2. The molecule has 0 unspecified atom stereocenters. The van der Waals surface area contributed by atoms with Crippen LogP contribution in [0.15, 0.2) is 18.2 Å². The van der Waals surface area contributed by atoms with E-state index in [0.717, 1.165) is 37.3 Å². The predicted molar refractivity (Wildman–Crippen MR) is 84.1 cm³/mol. The Morgan fingerprint density at radius 2 is 2.10 bits per heavy atom. The molecule has 1 saturated carbocycles. The van der Waals surface area contributed by atoms with Gasteiger partial charge in [-0.25, -0.2) is 0 Å². The molecule has 0 spiro atoms. The van der Waals surface area contributed by atoms with Crippen molar-refractivity contribution in [3.8, 4) is 0 Å². The third-order valence-electron chi connectivity index (χ3n) is 3.70. The van der Waals surface area contributed by atoms with Crippen molar-refractivity contribution in [1.82, 2.24) is 5.32 Å². The highest BCUT2D eigenvalue weighted by molar-refractivity contribution is 6.34. The maximum atomic E-state index is 11.8. The van der Waals surface area contributed by atoms with Gasteiger partial charge in [-0.05, 0) is 25.0 Å². The van der Waals surface area contributed by atoms with Gasteiger partial charge in [0.2, 0.25) is 5.91 Å². The van der Waals surface area contributed by atoms with Crippen LogP contribution in [0.1, 0.15) is 12.8 Å². The van der Waals surface area contributed by atoms with Crippen molar-refractivity contribution < 1.29 is 9.53 Å². The molecule has 21 heavy (non-hydrogen) atoms. The van der Waals surface area contributed by atoms with Gasteiger partial charge < -0.3 is 20.3 Å². The Balaban J connectivity index is 1.68. The zero-order chi connectivity index (χ0) is 14.7. The molecule has 0 radical (unpaired) electrons. The van der Waals surface area contributed by atoms with Crippen LogP contribution in [-0.4, -0.2) is 44.8 Å². The van der Waals surface area contributed by atoms with Crippen LogP contribution in [0.25, 0.3) is 0 Å². The van der Waals surface area contributed by atoms with Crippen LogP contribution in [0, 0.1) is 0 Å². The molecule has 1 saturated heterocycles. The van der Waals surface area contributed by atoms with E-state index in [1.165, 1.54) is 0 Å². The van der Waals surface area contributed by atoms with E-state index in [0.29, 0.717) is 24.3 Å². The lowest BCUT2D eigenvalue weighted by atomic mass is 10.2. The third-order valence-corrected chi connectivity index (χ3v) is 4.00. The van der Waals surface area contributed by atoms with Gasteiger partial charge >= 0.3 is 0 Å². The molecular weight excluding hydrogens is 290 g/mol. The van der Waals surface area contributed by atoms with Crippen molar-refractivity contribution in [1.29, 1.82) is 0 Å². The Labute approximate surface area is 129 Å². The molecule has 0 bridgehead atoms.